The summed E-state index contributed by atoms with van der Waals surface area (Å²) in [6.07, 6.45) is 2.52. The van der Waals surface area contributed by atoms with Gasteiger partial charge in [-0.15, -0.1) is 0 Å². The Hall–Kier alpha value is -3.51. The lowest BCUT2D eigenvalue weighted by Gasteiger charge is -2.11. The largest absolute Gasteiger partial charge is 0.497 e. The van der Waals surface area contributed by atoms with Crippen molar-refractivity contribution in [2.45, 2.75) is 32.7 Å². The van der Waals surface area contributed by atoms with Gasteiger partial charge in [-0.3, -0.25) is 4.79 Å². The molecule has 0 atom stereocenters. The number of para-hydroxylation sites is 2. The number of carbonyl (C=O) groups excluding carboxylic acids is 1. The molecule has 0 aliphatic rings. The van der Waals surface area contributed by atoms with Crippen LogP contribution in [0.25, 0.3) is 11.0 Å². The number of benzene rings is 3. The van der Waals surface area contributed by atoms with Gasteiger partial charge >= 0.3 is 0 Å². The quantitative estimate of drug-likeness (QED) is 0.268. The highest BCUT2D eigenvalue weighted by Crippen LogP contribution is 2.22. The highest BCUT2D eigenvalue weighted by molar-refractivity contribution is 6.31. The van der Waals surface area contributed by atoms with Crippen molar-refractivity contribution in [3.63, 3.8) is 0 Å². The van der Waals surface area contributed by atoms with Crippen molar-refractivity contribution < 1.29 is 14.3 Å². The van der Waals surface area contributed by atoms with E-state index in [1.165, 1.54) is 0 Å². The summed E-state index contributed by atoms with van der Waals surface area (Å²) in [6.45, 7) is 3.96. The average Bonchev–Trinajstić information content (AvgIpc) is 3.23. The van der Waals surface area contributed by atoms with Crippen LogP contribution in [-0.2, 0) is 13.0 Å². The molecule has 1 amide bonds. The number of carbonyl (C=O) groups is 1. The number of nitrogens with one attached hydrogen (secondary N) is 1. The molecule has 4 rings (SSSR count). The van der Waals surface area contributed by atoms with Crippen molar-refractivity contribution in [3.05, 3.63) is 88.7 Å². The van der Waals surface area contributed by atoms with Crippen LogP contribution < -0.4 is 14.8 Å². The summed E-state index contributed by atoms with van der Waals surface area (Å²) in [5.74, 6) is 2.43. The first-order valence-electron chi connectivity index (χ1n) is 11.8. The molecule has 182 valence electrons. The van der Waals surface area contributed by atoms with Gasteiger partial charge in [0.05, 0.1) is 24.8 Å². The molecule has 35 heavy (non-hydrogen) atoms. The Kier molecular flexibility index (Phi) is 8.27. The summed E-state index contributed by atoms with van der Waals surface area (Å²) >= 11 is 6.09. The van der Waals surface area contributed by atoms with E-state index in [0.717, 1.165) is 58.3 Å². The minimum absolute atomic E-state index is 0.107. The molecular formula is C28H30ClN3O3. The maximum Gasteiger partial charge on any atom is 0.251 e. The maximum atomic E-state index is 12.5. The standard InChI is InChI=1S/C28H30ClN3O3/c1-20-19-23(13-14-24(20)29)35-18-6-5-17-32-26-8-4-3-7-25(26)31-27(32)15-16-30-28(33)21-9-11-22(34-2)12-10-21/h3-4,7-14,19H,5-6,15-18H2,1-2H3,(H,30,33). The highest BCUT2D eigenvalue weighted by Gasteiger charge is 2.12. The Morgan fingerprint density at radius 2 is 1.80 bits per heavy atom. The molecule has 0 fully saturated rings. The first kappa shape index (κ1) is 24.6. The van der Waals surface area contributed by atoms with Gasteiger partial charge in [-0.05, 0) is 79.9 Å². The van der Waals surface area contributed by atoms with Gasteiger partial charge in [-0.25, -0.2) is 4.98 Å². The molecule has 1 N–H and O–H groups in total. The van der Waals surface area contributed by atoms with E-state index in [0.29, 0.717) is 25.1 Å². The van der Waals surface area contributed by atoms with Gasteiger partial charge in [0.15, 0.2) is 0 Å². The molecule has 0 aliphatic heterocycles. The monoisotopic (exact) mass is 491 g/mol. The molecular weight excluding hydrogens is 462 g/mol. The van der Waals surface area contributed by atoms with Crippen LogP contribution in [0.4, 0.5) is 0 Å². The van der Waals surface area contributed by atoms with Gasteiger partial charge in [-0.2, -0.15) is 0 Å². The van der Waals surface area contributed by atoms with Crippen LogP contribution in [0.15, 0.2) is 66.7 Å². The van der Waals surface area contributed by atoms with E-state index >= 15 is 0 Å². The highest BCUT2D eigenvalue weighted by atomic mass is 35.5. The zero-order chi connectivity index (χ0) is 24.6. The van der Waals surface area contributed by atoms with E-state index < -0.39 is 0 Å². The van der Waals surface area contributed by atoms with Crippen molar-refractivity contribution in [3.8, 4) is 11.5 Å². The molecule has 0 aliphatic carbocycles. The number of aryl methyl sites for hydroxylation is 2. The third-order valence-corrected chi connectivity index (χ3v) is 6.32. The topological polar surface area (TPSA) is 65.4 Å². The molecule has 1 heterocycles. The Bertz CT molecular complexity index is 1280. The normalized spacial score (nSPS) is 10.9. The van der Waals surface area contributed by atoms with E-state index in [1.54, 1.807) is 31.4 Å². The lowest BCUT2D eigenvalue weighted by molar-refractivity contribution is 0.0954. The van der Waals surface area contributed by atoms with E-state index in [2.05, 4.69) is 16.0 Å². The van der Waals surface area contributed by atoms with Gasteiger partial charge in [-0.1, -0.05) is 23.7 Å². The number of methoxy groups -OCH3 is 1. The van der Waals surface area contributed by atoms with E-state index in [4.69, 9.17) is 26.1 Å². The van der Waals surface area contributed by atoms with Crippen LogP contribution >= 0.6 is 11.6 Å². The number of unbranched alkanes of at least 4 members (excludes halogenated alkanes) is 1. The molecule has 0 spiro atoms. The summed E-state index contributed by atoms with van der Waals surface area (Å²) in [4.78, 5) is 17.3. The van der Waals surface area contributed by atoms with Crippen molar-refractivity contribution in [2.75, 3.05) is 20.3 Å². The number of amides is 1. The number of rotatable bonds is 11. The molecule has 0 radical (unpaired) electrons. The number of fused-ring (bicyclic) bond motifs is 1. The maximum absolute atomic E-state index is 12.5. The molecule has 0 saturated carbocycles. The zero-order valence-corrected chi connectivity index (χ0v) is 20.8. The van der Waals surface area contributed by atoms with Crippen LogP contribution in [0.1, 0.15) is 34.6 Å². The molecule has 0 unspecified atom stereocenters. The first-order valence-corrected chi connectivity index (χ1v) is 12.2. The molecule has 3 aromatic carbocycles. The summed E-state index contributed by atoms with van der Waals surface area (Å²) in [5.41, 5.74) is 3.70. The number of halogens is 1. The molecule has 6 nitrogen and oxygen atoms in total. The number of hydrogen-bond acceptors (Lipinski definition) is 4. The molecule has 4 aromatic rings. The Morgan fingerprint density at radius 1 is 1.03 bits per heavy atom. The van der Waals surface area contributed by atoms with Crippen molar-refractivity contribution in [1.82, 2.24) is 14.9 Å². The molecule has 0 bridgehead atoms. The van der Waals surface area contributed by atoms with Gasteiger partial charge < -0.3 is 19.4 Å². The minimum Gasteiger partial charge on any atom is -0.497 e. The second-order valence-electron chi connectivity index (χ2n) is 8.37. The number of aromatic nitrogens is 2. The summed E-state index contributed by atoms with van der Waals surface area (Å²) in [5, 5.41) is 3.74. The van der Waals surface area contributed by atoms with E-state index in [9.17, 15) is 4.79 Å². The summed E-state index contributed by atoms with van der Waals surface area (Å²) in [7, 11) is 1.61. The van der Waals surface area contributed by atoms with Crippen LogP contribution in [0, 0.1) is 6.92 Å². The minimum atomic E-state index is -0.107. The third-order valence-electron chi connectivity index (χ3n) is 5.89. The van der Waals surface area contributed by atoms with Crippen LogP contribution in [-0.4, -0.2) is 35.7 Å². The van der Waals surface area contributed by atoms with Crippen molar-refractivity contribution in [2.24, 2.45) is 0 Å². The van der Waals surface area contributed by atoms with Gasteiger partial charge in [0.1, 0.15) is 17.3 Å². The SMILES string of the molecule is COc1ccc(C(=O)NCCc2nc3ccccc3n2CCCCOc2ccc(Cl)c(C)c2)cc1. The smallest absolute Gasteiger partial charge is 0.251 e. The molecule has 1 aromatic heterocycles. The van der Waals surface area contributed by atoms with Crippen molar-refractivity contribution in [1.29, 1.82) is 0 Å². The number of hydrogen-bond donors (Lipinski definition) is 1. The second-order valence-corrected chi connectivity index (χ2v) is 8.78. The molecule has 7 heteroatoms. The lowest BCUT2D eigenvalue weighted by Crippen LogP contribution is -2.26. The van der Waals surface area contributed by atoms with Crippen LogP contribution in [0.2, 0.25) is 5.02 Å². The zero-order valence-electron chi connectivity index (χ0n) is 20.1. The van der Waals surface area contributed by atoms with Gasteiger partial charge in [0.2, 0.25) is 0 Å². The average molecular weight is 492 g/mol. The van der Waals surface area contributed by atoms with Gasteiger partial charge in [0, 0.05) is 30.1 Å². The summed E-state index contributed by atoms with van der Waals surface area (Å²) < 4.78 is 13.3. The fraction of sp³-hybridized carbons (Fsp3) is 0.286. The Morgan fingerprint density at radius 3 is 2.57 bits per heavy atom. The fourth-order valence-corrected chi connectivity index (χ4v) is 4.08. The number of imidazole rings is 1. The molecule has 0 saturated heterocycles. The predicted molar refractivity (Wildman–Crippen MR) is 140 cm³/mol. The van der Waals surface area contributed by atoms with Gasteiger partial charge in [0.25, 0.3) is 5.91 Å². The Balaban J connectivity index is 1.32. The van der Waals surface area contributed by atoms with E-state index in [1.807, 2.05) is 43.3 Å². The van der Waals surface area contributed by atoms with Crippen LogP contribution in [0.5, 0.6) is 11.5 Å². The summed E-state index contributed by atoms with van der Waals surface area (Å²) in [6, 6.07) is 21.0. The lowest BCUT2D eigenvalue weighted by atomic mass is 10.2. The third kappa shape index (κ3) is 6.34. The number of nitrogens with zero attached hydrogens (tertiary/aromatic N) is 2. The Labute approximate surface area is 210 Å². The predicted octanol–water partition coefficient (Wildman–Crippen LogP) is 5.84. The second kappa shape index (κ2) is 11.8. The van der Waals surface area contributed by atoms with Crippen molar-refractivity contribution >= 4 is 28.5 Å². The number of ether oxygens (including phenoxy) is 2. The first-order chi connectivity index (χ1) is 17.0. The van der Waals surface area contributed by atoms with Crippen LogP contribution in [0.3, 0.4) is 0 Å². The fourth-order valence-electron chi connectivity index (χ4n) is 3.97. The van der Waals surface area contributed by atoms with E-state index in [-0.39, 0.29) is 5.91 Å².